The van der Waals surface area contributed by atoms with Crippen molar-refractivity contribution in [1.29, 1.82) is 0 Å². The molecule has 2 rings (SSSR count). The maximum Gasteiger partial charge on any atom is 0.224 e. The van der Waals surface area contributed by atoms with Crippen LogP contribution in [0.25, 0.3) is 0 Å². The van der Waals surface area contributed by atoms with Gasteiger partial charge in [0.15, 0.2) is 5.82 Å². The van der Waals surface area contributed by atoms with E-state index in [0.717, 1.165) is 10.7 Å². The number of aromatic nitrogens is 3. The number of nitrogens with two attached hydrogens (primary N) is 1. The smallest absolute Gasteiger partial charge is 0.224 e. The van der Waals surface area contributed by atoms with Crippen LogP contribution in [0.5, 0.6) is 0 Å². The number of thiazole rings is 1. The number of anilines is 2. The monoisotopic (exact) mass is 283 g/mol. The third-order valence-electron chi connectivity index (χ3n) is 2.47. The molecule has 0 saturated heterocycles. The van der Waals surface area contributed by atoms with Crippen LogP contribution in [0.15, 0.2) is 5.38 Å². The Labute approximate surface area is 114 Å². The standard InChI is InChI=1S/C11H14ClN5S/c1-5-4-18-10(14-5)7(3)15-9-8(13)6(2)16-11(12)17-9/h4,7H,13H2,1-3H3,(H,15,16,17). The highest BCUT2D eigenvalue weighted by molar-refractivity contribution is 7.09. The number of halogens is 1. The number of nitrogens with zero attached hydrogens (tertiary/aromatic N) is 3. The van der Waals surface area contributed by atoms with E-state index in [-0.39, 0.29) is 11.3 Å². The number of nitrogens with one attached hydrogen (secondary N) is 1. The van der Waals surface area contributed by atoms with Gasteiger partial charge in [-0.2, -0.15) is 4.98 Å². The SMILES string of the molecule is Cc1csc(C(C)Nc2nc(Cl)nc(C)c2N)n1. The van der Waals surface area contributed by atoms with Crippen molar-refractivity contribution in [1.82, 2.24) is 15.0 Å². The van der Waals surface area contributed by atoms with Gasteiger partial charge in [0.05, 0.1) is 17.4 Å². The lowest BCUT2D eigenvalue weighted by Gasteiger charge is -2.14. The molecule has 7 heteroatoms. The molecule has 0 spiro atoms. The minimum Gasteiger partial charge on any atom is -0.394 e. The van der Waals surface area contributed by atoms with Gasteiger partial charge in [0, 0.05) is 11.1 Å². The van der Waals surface area contributed by atoms with Crippen molar-refractivity contribution < 1.29 is 0 Å². The summed E-state index contributed by atoms with van der Waals surface area (Å²) in [5.41, 5.74) is 8.11. The summed E-state index contributed by atoms with van der Waals surface area (Å²) in [6.45, 7) is 5.77. The molecular formula is C11H14ClN5S. The van der Waals surface area contributed by atoms with Crippen LogP contribution in [-0.4, -0.2) is 15.0 Å². The lowest BCUT2D eigenvalue weighted by Crippen LogP contribution is -2.11. The molecule has 0 aromatic carbocycles. The van der Waals surface area contributed by atoms with E-state index in [4.69, 9.17) is 17.3 Å². The van der Waals surface area contributed by atoms with Gasteiger partial charge in [-0.3, -0.25) is 0 Å². The molecule has 0 fully saturated rings. The Hall–Kier alpha value is -1.40. The first-order valence-corrected chi connectivity index (χ1v) is 6.71. The zero-order chi connectivity index (χ0) is 13.3. The summed E-state index contributed by atoms with van der Waals surface area (Å²) in [4.78, 5) is 12.5. The highest BCUT2D eigenvalue weighted by atomic mass is 35.5. The molecular weight excluding hydrogens is 270 g/mol. The largest absolute Gasteiger partial charge is 0.394 e. The molecule has 1 unspecified atom stereocenters. The summed E-state index contributed by atoms with van der Waals surface area (Å²) < 4.78 is 0. The second-order valence-electron chi connectivity index (χ2n) is 4.03. The van der Waals surface area contributed by atoms with Gasteiger partial charge >= 0.3 is 0 Å². The predicted octanol–water partition coefficient (Wildman–Crippen LogP) is 2.96. The Balaban J connectivity index is 2.24. The number of nitrogen functional groups attached to an aromatic ring is 1. The van der Waals surface area contributed by atoms with E-state index < -0.39 is 0 Å². The maximum atomic E-state index is 5.92. The average molecular weight is 284 g/mol. The van der Waals surface area contributed by atoms with Crippen LogP contribution in [0, 0.1) is 13.8 Å². The minimum absolute atomic E-state index is 0.0244. The molecule has 2 heterocycles. The summed E-state index contributed by atoms with van der Waals surface area (Å²) in [6, 6.07) is 0.0244. The van der Waals surface area contributed by atoms with Crippen LogP contribution in [0.2, 0.25) is 5.28 Å². The summed E-state index contributed by atoms with van der Waals surface area (Å²) in [6.07, 6.45) is 0. The van der Waals surface area contributed by atoms with Gasteiger partial charge in [-0.1, -0.05) is 0 Å². The van der Waals surface area contributed by atoms with Crippen LogP contribution in [0.4, 0.5) is 11.5 Å². The summed E-state index contributed by atoms with van der Waals surface area (Å²) >= 11 is 7.43. The van der Waals surface area contributed by atoms with Gasteiger partial charge in [0.1, 0.15) is 5.01 Å². The summed E-state index contributed by atoms with van der Waals surface area (Å²) in [7, 11) is 0. The topological polar surface area (TPSA) is 76.7 Å². The molecule has 3 N–H and O–H groups in total. The Kier molecular flexibility index (Phi) is 3.68. The van der Waals surface area contributed by atoms with E-state index in [1.54, 1.807) is 18.3 Å². The Bertz CT molecular complexity index is 569. The quantitative estimate of drug-likeness (QED) is 0.847. The van der Waals surface area contributed by atoms with Gasteiger partial charge < -0.3 is 11.1 Å². The molecule has 2 aromatic heterocycles. The fraction of sp³-hybridized carbons (Fsp3) is 0.364. The first-order chi connectivity index (χ1) is 8.47. The highest BCUT2D eigenvalue weighted by Gasteiger charge is 2.14. The van der Waals surface area contributed by atoms with Gasteiger partial charge in [0.2, 0.25) is 5.28 Å². The molecule has 2 aromatic rings. The average Bonchev–Trinajstić information content (AvgIpc) is 2.72. The van der Waals surface area contributed by atoms with Crippen molar-refractivity contribution in [2.45, 2.75) is 26.8 Å². The molecule has 0 aliphatic heterocycles. The minimum atomic E-state index is 0.0244. The molecule has 0 saturated carbocycles. The molecule has 96 valence electrons. The molecule has 18 heavy (non-hydrogen) atoms. The molecule has 5 nitrogen and oxygen atoms in total. The first-order valence-electron chi connectivity index (χ1n) is 5.45. The van der Waals surface area contributed by atoms with E-state index in [1.165, 1.54) is 0 Å². The van der Waals surface area contributed by atoms with E-state index in [1.807, 2.05) is 19.2 Å². The van der Waals surface area contributed by atoms with Gasteiger partial charge in [-0.15, -0.1) is 11.3 Å². The van der Waals surface area contributed by atoms with E-state index in [0.29, 0.717) is 17.2 Å². The van der Waals surface area contributed by atoms with Crippen molar-refractivity contribution in [3.63, 3.8) is 0 Å². The number of rotatable bonds is 3. The molecule has 0 radical (unpaired) electrons. The molecule has 0 amide bonds. The lowest BCUT2D eigenvalue weighted by atomic mass is 10.3. The third kappa shape index (κ3) is 2.70. The fourth-order valence-corrected chi connectivity index (χ4v) is 2.51. The van der Waals surface area contributed by atoms with Crippen molar-refractivity contribution >= 4 is 34.4 Å². The van der Waals surface area contributed by atoms with Crippen LogP contribution in [-0.2, 0) is 0 Å². The van der Waals surface area contributed by atoms with Crippen molar-refractivity contribution in [3.05, 3.63) is 27.1 Å². The van der Waals surface area contributed by atoms with Gasteiger partial charge in [-0.05, 0) is 32.4 Å². The lowest BCUT2D eigenvalue weighted by molar-refractivity contribution is 0.853. The second kappa shape index (κ2) is 5.07. The Morgan fingerprint density at radius 1 is 1.33 bits per heavy atom. The molecule has 0 aliphatic rings. The fourth-order valence-electron chi connectivity index (χ4n) is 1.50. The number of hydrogen-bond acceptors (Lipinski definition) is 6. The normalized spacial score (nSPS) is 12.4. The molecule has 0 bridgehead atoms. The predicted molar refractivity (Wildman–Crippen MR) is 75.1 cm³/mol. The summed E-state index contributed by atoms with van der Waals surface area (Å²) in [5.74, 6) is 0.549. The Morgan fingerprint density at radius 3 is 2.67 bits per heavy atom. The van der Waals surface area contributed by atoms with Crippen LogP contribution in [0.1, 0.15) is 29.4 Å². The van der Waals surface area contributed by atoms with Crippen molar-refractivity contribution in [3.8, 4) is 0 Å². The van der Waals surface area contributed by atoms with Gasteiger partial charge in [0.25, 0.3) is 0 Å². The van der Waals surface area contributed by atoms with Crippen molar-refractivity contribution in [2.24, 2.45) is 0 Å². The van der Waals surface area contributed by atoms with Crippen LogP contribution in [0.3, 0.4) is 0 Å². The molecule has 0 aliphatic carbocycles. The summed E-state index contributed by atoms with van der Waals surface area (Å²) in [5, 5.41) is 6.39. The zero-order valence-electron chi connectivity index (χ0n) is 10.4. The van der Waals surface area contributed by atoms with Gasteiger partial charge in [-0.25, -0.2) is 9.97 Å². The van der Waals surface area contributed by atoms with E-state index in [2.05, 4.69) is 20.3 Å². The first kappa shape index (κ1) is 13.0. The van der Waals surface area contributed by atoms with E-state index in [9.17, 15) is 0 Å². The second-order valence-corrected chi connectivity index (χ2v) is 5.26. The Morgan fingerprint density at radius 2 is 2.06 bits per heavy atom. The molecule has 1 atom stereocenters. The number of hydrogen-bond donors (Lipinski definition) is 2. The van der Waals surface area contributed by atoms with E-state index >= 15 is 0 Å². The number of aryl methyl sites for hydroxylation is 2. The highest BCUT2D eigenvalue weighted by Crippen LogP contribution is 2.26. The van der Waals surface area contributed by atoms with Crippen LogP contribution >= 0.6 is 22.9 Å². The van der Waals surface area contributed by atoms with Crippen LogP contribution < -0.4 is 11.1 Å². The third-order valence-corrected chi connectivity index (χ3v) is 3.78. The zero-order valence-corrected chi connectivity index (χ0v) is 11.9. The maximum absolute atomic E-state index is 5.92. The van der Waals surface area contributed by atoms with Crippen molar-refractivity contribution in [2.75, 3.05) is 11.1 Å².